The summed E-state index contributed by atoms with van der Waals surface area (Å²) < 4.78 is 12.3. The lowest BCUT2D eigenvalue weighted by molar-refractivity contribution is -0.116. The summed E-state index contributed by atoms with van der Waals surface area (Å²) in [6, 6.07) is 14.3. The predicted octanol–water partition coefficient (Wildman–Crippen LogP) is 3.01. The van der Waals surface area contributed by atoms with E-state index in [2.05, 4.69) is 15.6 Å². The van der Waals surface area contributed by atoms with Gasteiger partial charge in [0.2, 0.25) is 11.9 Å². The summed E-state index contributed by atoms with van der Waals surface area (Å²) in [4.78, 5) is 29.6. The van der Waals surface area contributed by atoms with Gasteiger partial charge in [-0.05, 0) is 43.7 Å². The van der Waals surface area contributed by atoms with Gasteiger partial charge in [0.15, 0.2) is 11.5 Å². The van der Waals surface area contributed by atoms with Crippen LogP contribution < -0.4 is 25.7 Å². The fourth-order valence-electron chi connectivity index (χ4n) is 3.19. The van der Waals surface area contributed by atoms with E-state index >= 15 is 0 Å². The highest BCUT2D eigenvalue weighted by Gasteiger charge is 2.15. The van der Waals surface area contributed by atoms with E-state index < -0.39 is 0 Å². The monoisotopic (exact) mass is 406 g/mol. The van der Waals surface area contributed by atoms with Gasteiger partial charge in [-0.3, -0.25) is 14.2 Å². The molecule has 0 unspecified atom stereocenters. The van der Waals surface area contributed by atoms with Crippen LogP contribution in [0.2, 0.25) is 0 Å². The number of amides is 1. The Morgan fingerprint density at radius 3 is 2.63 bits per heavy atom. The maximum absolute atomic E-state index is 12.6. The fraction of sp³-hybridized carbons (Fsp3) is 0.227. The number of hydrogen-bond acceptors (Lipinski definition) is 6. The number of rotatable bonds is 5. The first-order valence-electron chi connectivity index (χ1n) is 9.59. The molecule has 8 nitrogen and oxygen atoms in total. The SMILES string of the molecule is Cc1cccc(Nc2nc(C)cc(=O)n2CC(=O)Nc2ccc3c(c2)OCCO3)c1. The molecule has 0 bridgehead atoms. The molecule has 30 heavy (non-hydrogen) atoms. The molecule has 2 heterocycles. The largest absolute Gasteiger partial charge is 0.486 e. The number of benzene rings is 2. The number of nitrogens with one attached hydrogen (secondary N) is 2. The Bertz CT molecular complexity index is 1160. The van der Waals surface area contributed by atoms with Gasteiger partial charge in [-0.1, -0.05) is 12.1 Å². The van der Waals surface area contributed by atoms with E-state index in [1.165, 1.54) is 10.6 Å². The normalized spacial score (nSPS) is 12.3. The zero-order valence-corrected chi connectivity index (χ0v) is 16.8. The Labute approximate surface area is 173 Å². The molecule has 0 saturated carbocycles. The number of aryl methyl sites for hydroxylation is 2. The van der Waals surface area contributed by atoms with E-state index in [4.69, 9.17) is 9.47 Å². The summed E-state index contributed by atoms with van der Waals surface area (Å²) in [6.07, 6.45) is 0. The number of hydrogen-bond donors (Lipinski definition) is 2. The smallest absolute Gasteiger partial charge is 0.255 e. The Morgan fingerprint density at radius 1 is 1.03 bits per heavy atom. The van der Waals surface area contributed by atoms with Crippen LogP contribution in [-0.2, 0) is 11.3 Å². The third-order valence-corrected chi connectivity index (χ3v) is 4.54. The minimum absolute atomic E-state index is 0.186. The van der Waals surface area contributed by atoms with Gasteiger partial charge < -0.3 is 20.1 Å². The summed E-state index contributed by atoms with van der Waals surface area (Å²) in [5, 5.41) is 5.93. The number of ether oxygens (including phenoxy) is 2. The summed E-state index contributed by atoms with van der Waals surface area (Å²) >= 11 is 0. The molecule has 2 aromatic carbocycles. The number of fused-ring (bicyclic) bond motifs is 1. The van der Waals surface area contributed by atoms with E-state index in [1.807, 2.05) is 31.2 Å². The second-order valence-electron chi connectivity index (χ2n) is 7.05. The molecule has 8 heteroatoms. The molecular weight excluding hydrogens is 384 g/mol. The zero-order chi connectivity index (χ0) is 21.1. The highest BCUT2D eigenvalue weighted by Crippen LogP contribution is 2.32. The molecule has 1 aromatic heterocycles. The topological polar surface area (TPSA) is 94.5 Å². The standard InChI is InChI=1S/C22H22N4O4/c1-14-4-3-5-16(10-14)25-22-23-15(2)11-21(28)26(22)13-20(27)24-17-6-7-18-19(12-17)30-9-8-29-18/h3-7,10-12H,8-9,13H2,1-2H3,(H,23,25)(H,24,27). The van der Waals surface area contributed by atoms with E-state index in [0.29, 0.717) is 42.0 Å². The van der Waals surface area contributed by atoms with Crippen molar-refractivity contribution in [2.45, 2.75) is 20.4 Å². The minimum Gasteiger partial charge on any atom is -0.486 e. The lowest BCUT2D eigenvalue weighted by Crippen LogP contribution is -2.30. The van der Waals surface area contributed by atoms with Crippen LogP contribution in [-0.4, -0.2) is 28.7 Å². The molecule has 1 amide bonds. The molecule has 2 N–H and O–H groups in total. The summed E-state index contributed by atoms with van der Waals surface area (Å²) in [5.41, 5.74) is 2.67. The molecular formula is C22H22N4O4. The second-order valence-corrected chi connectivity index (χ2v) is 7.05. The zero-order valence-electron chi connectivity index (χ0n) is 16.8. The Balaban J connectivity index is 1.55. The van der Waals surface area contributed by atoms with E-state index in [1.54, 1.807) is 25.1 Å². The Morgan fingerprint density at radius 2 is 1.83 bits per heavy atom. The van der Waals surface area contributed by atoms with Crippen LogP contribution in [0.25, 0.3) is 0 Å². The van der Waals surface area contributed by atoms with Crippen molar-refractivity contribution in [3.8, 4) is 11.5 Å². The van der Waals surface area contributed by atoms with Crippen LogP contribution in [0.1, 0.15) is 11.3 Å². The first kappa shape index (κ1) is 19.5. The Kier molecular flexibility index (Phi) is 5.38. The first-order chi connectivity index (χ1) is 14.5. The first-order valence-corrected chi connectivity index (χ1v) is 9.59. The fourth-order valence-corrected chi connectivity index (χ4v) is 3.19. The molecule has 1 aliphatic rings. The van der Waals surface area contributed by atoms with Crippen molar-refractivity contribution >= 4 is 23.2 Å². The van der Waals surface area contributed by atoms with E-state index in [9.17, 15) is 9.59 Å². The maximum Gasteiger partial charge on any atom is 0.255 e. The van der Waals surface area contributed by atoms with Gasteiger partial charge in [0.1, 0.15) is 19.8 Å². The van der Waals surface area contributed by atoms with Crippen LogP contribution in [0, 0.1) is 13.8 Å². The molecule has 0 radical (unpaired) electrons. The minimum atomic E-state index is -0.355. The molecule has 0 fully saturated rings. The van der Waals surface area contributed by atoms with Gasteiger partial charge in [0, 0.05) is 29.2 Å². The van der Waals surface area contributed by atoms with Crippen molar-refractivity contribution in [3.05, 3.63) is 70.1 Å². The predicted molar refractivity (Wildman–Crippen MR) is 114 cm³/mol. The number of carbonyl (C=O) groups excluding carboxylic acids is 1. The van der Waals surface area contributed by atoms with Crippen LogP contribution in [0.5, 0.6) is 11.5 Å². The lowest BCUT2D eigenvalue weighted by atomic mass is 10.2. The molecule has 0 spiro atoms. The van der Waals surface area contributed by atoms with Gasteiger partial charge in [0.05, 0.1) is 0 Å². The van der Waals surface area contributed by atoms with Gasteiger partial charge in [0.25, 0.3) is 5.56 Å². The number of carbonyl (C=O) groups is 1. The van der Waals surface area contributed by atoms with Crippen molar-refractivity contribution in [3.63, 3.8) is 0 Å². The summed E-state index contributed by atoms with van der Waals surface area (Å²) in [7, 11) is 0. The van der Waals surface area contributed by atoms with Crippen LogP contribution in [0.4, 0.5) is 17.3 Å². The number of nitrogens with zero attached hydrogens (tertiary/aromatic N) is 2. The molecule has 1 aliphatic heterocycles. The molecule has 0 atom stereocenters. The van der Waals surface area contributed by atoms with Crippen molar-refractivity contribution in [2.75, 3.05) is 23.8 Å². The van der Waals surface area contributed by atoms with Crippen molar-refractivity contribution < 1.29 is 14.3 Å². The molecule has 154 valence electrons. The molecule has 3 aromatic rings. The van der Waals surface area contributed by atoms with Gasteiger partial charge in [-0.15, -0.1) is 0 Å². The number of aromatic nitrogens is 2. The third-order valence-electron chi connectivity index (χ3n) is 4.54. The van der Waals surface area contributed by atoms with Gasteiger partial charge in [-0.25, -0.2) is 4.98 Å². The third kappa shape index (κ3) is 4.43. The Hall–Kier alpha value is -3.81. The van der Waals surface area contributed by atoms with Crippen LogP contribution in [0.15, 0.2) is 53.3 Å². The van der Waals surface area contributed by atoms with E-state index in [0.717, 1.165) is 11.3 Å². The van der Waals surface area contributed by atoms with Crippen molar-refractivity contribution in [1.29, 1.82) is 0 Å². The average molecular weight is 406 g/mol. The quantitative estimate of drug-likeness (QED) is 0.676. The highest BCUT2D eigenvalue weighted by molar-refractivity contribution is 5.91. The summed E-state index contributed by atoms with van der Waals surface area (Å²) in [6.45, 7) is 4.49. The maximum atomic E-state index is 12.6. The van der Waals surface area contributed by atoms with E-state index in [-0.39, 0.29) is 18.0 Å². The lowest BCUT2D eigenvalue weighted by Gasteiger charge is -2.19. The average Bonchev–Trinajstić information content (AvgIpc) is 2.70. The van der Waals surface area contributed by atoms with Crippen molar-refractivity contribution in [1.82, 2.24) is 9.55 Å². The van der Waals surface area contributed by atoms with Crippen LogP contribution >= 0.6 is 0 Å². The van der Waals surface area contributed by atoms with Crippen LogP contribution in [0.3, 0.4) is 0 Å². The molecule has 0 saturated heterocycles. The van der Waals surface area contributed by atoms with Gasteiger partial charge in [-0.2, -0.15) is 0 Å². The molecule has 4 rings (SSSR count). The van der Waals surface area contributed by atoms with Crippen molar-refractivity contribution in [2.24, 2.45) is 0 Å². The van der Waals surface area contributed by atoms with Gasteiger partial charge >= 0.3 is 0 Å². The highest BCUT2D eigenvalue weighted by atomic mass is 16.6. The molecule has 0 aliphatic carbocycles. The number of anilines is 3. The second kappa shape index (κ2) is 8.28. The summed E-state index contributed by atoms with van der Waals surface area (Å²) in [5.74, 6) is 1.17.